The average molecular weight is 300 g/mol. The van der Waals surface area contributed by atoms with E-state index < -0.39 is 5.60 Å². The Hall–Kier alpha value is -0.810. The van der Waals surface area contributed by atoms with E-state index in [1.807, 2.05) is 20.8 Å². The number of hydrogen-bond donors (Lipinski definition) is 2. The predicted octanol–water partition coefficient (Wildman–Crippen LogP) is 2.84. The first-order chi connectivity index (χ1) is 9.90. The second-order valence-electron chi connectivity index (χ2n) is 6.78. The van der Waals surface area contributed by atoms with Crippen molar-refractivity contribution >= 4 is 6.09 Å². The summed E-state index contributed by atoms with van der Waals surface area (Å²) in [5, 5.41) is 6.54. The lowest BCUT2D eigenvalue weighted by Gasteiger charge is -2.27. The minimum Gasteiger partial charge on any atom is -0.444 e. The Morgan fingerprint density at radius 1 is 1.33 bits per heavy atom. The number of amides is 1. The van der Waals surface area contributed by atoms with Crippen LogP contribution in [0.2, 0.25) is 0 Å². The molecule has 5 heteroatoms. The summed E-state index contributed by atoms with van der Waals surface area (Å²) in [5.41, 5.74) is -0.451. The fourth-order valence-corrected chi connectivity index (χ4v) is 2.36. The lowest BCUT2D eigenvalue weighted by Crippen LogP contribution is -2.47. The molecule has 0 bridgehead atoms. The maximum Gasteiger partial charge on any atom is 0.407 e. The van der Waals surface area contributed by atoms with Gasteiger partial charge in [-0.25, -0.2) is 4.79 Å². The van der Waals surface area contributed by atoms with E-state index in [4.69, 9.17) is 9.47 Å². The molecule has 2 N–H and O–H groups in total. The SMILES string of the molecule is CCCCC(CNC1CCOCC1)NC(=O)OC(C)(C)C. The van der Waals surface area contributed by atoms with Gasteiger partial charge < -0.3 is 20.1 Å². The lowest BCUT2D eigenvalue weighted by molar-refractivity contribution is 0.0493. The van der Waals surface area contributed by atoms with Crippen LogP contribution >= 0.6 is 0 Å². The third kappa shape index (κ3) is 8.94. The van der Waals surface area contributed by atoms with E-state index in [1.165, 1.54) is 0 Å². The first-order valence-electron chi connectivity index (χ1n) is 8.21. The van der Waals surface area contributed by atoms with Crippen LogP contribution in [0.3, 0.4) is 0 Å². The van der Waals surface area contributed by atoms with E-state index in [2.05, 4.69) is 17.6 Å². The van der Waals surface area contributed by atoms with Gasteiger partial charge in [-0.3, -0.25) is 0 Å². The summed E-state index contributed by atoms with van der Waals surface area (Å²) in [5.74, 6) is 0. The molecule has 0 aromatic rings. The fraction of sp³-hybridized carbons (Fsp3) is 0.938. The average Bonchev–Trinajstić information content (AvgIpc) is 2.41. The standard InChI is InChI=1S/C16H32N2O3/c1-5-6-7-14(18-15(19)21-16(2,3)4)12-17-13-8-10-20-11-9-13/h13-14,17H,5-12H2,1-4H3,(H,18,19). The number of carbonyl (C=O) groups excluding carboxylic acids is 1. The summed E-state index contributed by atoms with van der Waals surface area (Å²) < 4.78 is 10.7. The summed E-state index contributed by atoms with van der Waals surface area (Å²) in [6.45, 7) is 10.3. The van der Waals surface area contributed by atoms with E-state index in [-0.39, 0.29) is 12.1 Å². The zero-order valence-corrected chi connectivity index (χ0v) is 14.0. The number of carbonyl (C=O) groups is 1. The van der Waals surface area contributed by atoms with Gasteiger partial charge in [-0.2, -0.15) is 0 Å². The minimum atomic E-state index is -0.451. The molecule has 124 valence electrons. The van der Waals surface area contributed by atoms with Crippen molar-refractivity contribution in [3.63, 3.8) is 0 Å². The molecular weight excluding hydrogens is 268 g/mol. The van der Waals surface area contributed by atoms with Crippen LogP contribution in [0.5, 0.6) is 0 Å². The largest absolute Gasteiger partial charge is 0.444 e. The summed E-state index contributed by atoms with van der Waals surface area (Å²) in [6.07, 6.45) is 4.99. The quantitative estimate of drug-likeness (QED) is 0.759. The minimum absolute atomic E-state index is 0.127. The molecule has 0 aliphatic carbocycles. The van der Waals surface area contributed by atoms with E-state index in [0.29, 0.717) is 6.04 Å². The van der Waals surface area contributed by atoms with Crippen molar-refractivity contribution in [3.05, 3.63) is 0 Å². The van der Waals surface area contributed by atoms with Crippen LogP contribution in [-0.4, -0.2) is 43.5 Å². The van der Waals surface area contributed by atoms with Crippen molar-refractivity contribution in [1.29, 1.82) is 0 Å². The summed E-state index contributed by atoms with van der Waals surface area (Å²) in [6, 6.07) is 0.631. The van der Waals surface area contributed by atoms with Crippen molar-refractivity contribution in [3.8, 4) is 0 Å². The van der Waals surface area contributed by atoms with Gasteiger partial charge in [-0.05, 0) is 40.0 Å². The topological polar surface area (TPSA) is 59.6 Å². The van der Waals surface area contributed by atoms with Gasteiger partial charge in [0.05, 0.1) is 0 Å². The van der Waals surface area contributed by atoms with Crippen molar-refractivity contribution in [1.82, 2.24) is 10.6 Å². The van der Waals surface area contributed by atoms with Crippen molar-refractivity contribution in [2.24, 2.45) is 0 Å². The predicted molar refractivity (Wildman–Crippen MR) is 84.5 cm³/mol. The van der Waals surface area contributed by atoms with E-state index in [0.717, 1.165) is 51.9 Å². The number of ether oxygens (including phenoxy) is 2. The molecule has 21 heavy (non-hydrogen) atoms. The molecule has 1 atom stereocenters. The molecular formula is C16H32N2O3. The van der Waals surface area contributed by atoms with Crippen LogP contribution in [0.4, 0.5) is 4.79 Å². The third-order valence-electron chi connectivity index (χ3n) is 3.50. The number of alkyl carbamates (subject to hydrolysis) is 1. The molecule has 0 aromatic carbocycles. The first-order valence-corrected chi connectivity index (χ1v) is 8.21. The van der Waals surface area contributed by atoms with Crippen LogP contribution in [0.15, 0.2) is 0 Å². The Morgan fingerprint density at radius 3 is 2.57 bits per heavy atom. The number of unbranched alkanes of at least 4 members (excludes halogenated alkanes) is 1. The zero-order valence-electron chi connectivity index (χ0n) is 14.0. The molecule has 0 saturated carbocycles. The maximum absolute atomic E-state index is 11.9. The molecule has 0 aromatic heterocycles. The second kappa shape index (κ2) is 9.26. The van der Waals surface area contributed by atoms with Crippen molar-refractivity contribution < 1.29 is 14.3 Å². The molecule has 5 nitrogen and oxygen atoms in total. The normalized spacial score (nSPS) is 18.3. The third-order valence-corrected chi connectivity index (χ3v) is 3.50. The van der Waals surface area contributed by atoms with Crippen LogP contribution in [-0.2, 0) is 9.47 Å². The van der Waals surface area contributed by atoms with E-state index >= 15 is 0 Å². The van der Waals surface area contributed by atoms with Gasteiger partial charge >= 0.3 is 6.09 Å². The summed E-state index contributed by atoms with van der Waals surface area (Å²) in [4.78, 5) is 11.9. The van der Waals surface area contributed by atoms with Crippen molar-refractivity contribution in [2.75, 3.05) is 19.8 Å². The lowest BCUT2D eigenvalue weighted by atomic mass is 10.1. The molecule has 1 fully saturated rings. The molecule has 1 unspecified atom stereocenters. The Labute approximate surface area is 129 Å². The summed E-state index contributed by atoms with van der Waals surface area (Å²) >= 11 is 0. The smallest absolute Gasteiger partial charge is 0.407 e. The highest BCUT2D eigenvalue weighted by molar-refractivity contribution is 5.68. The van der Waals surface area contributed by atoms with Gasteiger partial charge in [0.15, 0.2) is 0 Å². The van der Waals surface area contributed by atoms with Gasteiger partial charge in [-0.1, -0.05) is 19.8 Å². The molecule has 1 amide bonds. The molecule has 1 aliphatic rings. The summed E-state index contributed by atoms with van der Waals surface area (Å²) in [7, 11) is 0. The Morgan fingerprint density at radius 2 is 2.00 bits per heavy atom. The van der Waals surface area contributed by atoms with Crippen LogP contribution in [0.25, 0.3) is 0 Å². The molecule has 1 rings (SSSR count). The van der Waals surface area contributed by atoms with Gasteiger partial charge in [0.2, 0.25) is 0 Å². The molecule has 1 aliphatic heterocycles. The fourth-order valence-electron chi connectivity index (χ4n) is 2.36. The van der Waals surface area contributed by atoms with Gasteiger partial charge in [-0.15, -0.1) is 0 Å². The second-order valence-corrected chi connectivity index (χ2v) is 6.78. The Balaban J connectivity index is 2.36. The Bertz CT molecular complexity index is 296. The highest BCUT2D eigenvalue weighted by Crippen LogP contribution is 2.09. The molecule has 1 saturated heterocycles. The van der Waals surface area contributed by atoms with Crippen LogP contribution in [0, 0.1) is 0 Å². The number of hydrogen-bond acceptors (Lipinski definition) is 4. The highest BCUT2D eigenvalue weighted by atomic mass is 16.6. The van der Waals surface area contributed by atoms with E-state index in [9.17, 15) is 4.79 Å². The zero-order chi connectivity index (χ0) is 15.7. The molecule has 0 spiro atoms. The highest BCUT2D eigenvalue weighted by Gasteiger charge is 2.20. The maximum atomic E-state index is 11.9. The van der Waals surface area contributed by atoms with Gasteiger partial charge in [0, 0.05) is 31.8 Å². The monoisotopic (exact) mass is 300 g/mol. The van der Waals surface area contributed by atoms with Crippen LogP contribution in [0.1, 0.15) is 59.8 Å². The van der Waals surface area contributed by atoms with Crippen LogP contribution < -0.4 is 10.6 Å². The first kappa shape index (κ1) is 18.2. The molecule has 0 radical (unpaired) electrons. The van der Waals surface area contributed by atoms with Gasteiger partial charge in [0.25, 0.3) is 0 Å². The number of nitrogens with one attached hydrogen (secondary N) is 2. The Kier molecular flexibility index (Phi) is 8.04. The van der Waals surface area contributed by atoms with E-state index in [1.54, 1.807) is 0 Å². The van der Waals surface area contributed by atoms with Crippen molar-refractivity contribution in [2.45, 2.75) is 77.5 Å². The number of rotatable bonds is 7. The van der Waals surface area contributed by atoms with Gasteiger partial charge in [0.1, 0.15) is 5.60 Å². The molecule has 1 heterocycles.